The quantitative estimate of drug-likeness (QED) is 0.0727. The second-order valence-corrected chi connectivity index (χ2v) is 20.1. The maximum Gasteiger partial charge on any atom is 0.248 e. The molecule has 22 nitrogen and oxygen atoms in total. The predicted octanol–water partition coefficient (Wildman–Crippen LogP) is -0.601. The first kappa shape index (κ1) is 59.1. The number of amides is 8. The Morgan fingerprint density at radius 2 is 1.38 bits per heavy atom. The van der Waals surface area contributed by atoms with Crippen LogP contribution >= 0.6 is 0 Å². The summed E-state index contributed by atoms with van der Waals surface area (Å²) in [6.07, 6.45) is -0.709. The van der Waals surface area contributed by atoms with Crippen LogP contribution in [0.3, 0.4) is 0 Å². The SMILES string of the molecule is CCC(C)CC(C)CCCCCCCCC(=O)NC1CCCNC(=O)C2CCCN2C(=O)C(C(O)CC(N)=O)NC(=O)C(C(O)C(O)c2ccc(O)cc2)NC(=O)C2CC(O)CN2C(=O)C(C(C)O)NC1=O. The number of carbonyl (C=O) groups excluding carboxylic acids is 8. The van der Waals surface area contributed by atoms with Gasteiger partial charge in [0.15, 0.2) is 0 Å². The van der Waals surface area contributed by atoms with Crippen molar-refractivity contribution in [1.82, 2.24) is 36.4 Å². The molecule has 0 bridgehead atoms. The van der Waals surface area contributed by atoms with Gasteiger partial charge < -0.3 is 72.8 Å². The minimum atomic E-state index is -2.26. The number of hydrogen-bond donors (Lipinski definition) is 12. The van der Waals surface area contributed by atoms with Crippen molar-refractivity contribution in [3.05, 3.63) is 29.8 Å². The van der Waals surface area contributed by atoms with Crippen LogP contribution in [0.15, 0.2) is 24.3 Å². The van der Waals surface area contributed by atoms with Crippen molar-refractivity contribution in [2.75, 3.05) is 19.6 Å². The summed E-state index contributed by atoms with van der Waals surface area (Å²) >= 11 is 0. The Labute approximate surface area is 421 Å². The first-order chi connectivity index (χ1) is 34.1. The number of phenolic OH excluding ortho intramolecular Hbond substituents is 1. The molecular formula is C50H80N8O14. The van der Waals surface area contributed by atoms with E-state index in [-0.39, 0.29) is 50.1 Å². The van der Waals surface area contributed by atoms with Gasteiger partial charge in [-0.3, -0.25) is 38.4 Å². The number of carbonyl (C=O) groups is 8. The summed E-state index contributed by atoms with van der Waals surface area (Å²) < 4.78 is 0. The lowest BCUT2D eigenvalue weighted by Gasteiger charge is -2.34. The van der Waals surface area contributed by atoms with Gasteiger partial charge in [0.2, 0.25) is 47.3 Å². The highest BCUT2D eigenvalue weighted by Gasteiger charge is 2.47. The second kappa shape index (κ2) is 28.7. The van der Waals surface area contributed by atoms with Gasteiger partial charge in [-0.25, -0.2) is 0 Å². The van der Waals surface area contributed by atoms with Crippen LogP contribution in [0.1, 0.15) is 142 Å². The number of phenols is 1. The van der Waals surface area contributed by atoms with Gasteiger partial charge in [-0.1, -0.05) is 77.8 Å². The van der Waals surface area contributed by atoms with Crippen LogP contribution in [0.4, 0.5) is 0 Å². The van der Waals surface area contributed by atoms with E-state index in [0.29, 0.717) is 24.7 Å². The van der Waals surface area contributed by atoms with Gasteiger partial charge in [0, 0.05) is 32.5 Å². The molecule has 13 atom stereocenters. The third-order valence-corrected chi connectivity index (χ3v) is 14.1. The molecule has 0 spiro atoms. The third kappa shape index (κ3) is 17.4. The number of unbranched alkanes of at least 4 members (excludes halogenated alkanes) is 5. The standard InChI is InChI=1S/C50H80N8O14/c1-5-28(2)24-29(3)14-10-8-6-7-9-11-17-39(64)53-34-15-12-22-52-46(68)35-16-13-23-57(35)50(72)41(37(62)26-38(51)63)55-48(70)42(44(66)43(65)31-18-20-32(60)21-19-31)56-47(69)36-25-33(61)27-58(36)49(71)40(30(4)59)54-45(34)67/h18-21,28-30,33-37,40-44,59-62,65-66H,5-17,22-27H2,1-4H3,(H2,51,63)(H,52,68)(H,53,64)(H,54,67)(H,55,70)(H,56,69). The minimum Gasteiger partial charge on any atom is -0.508 e. The number of hydrogen-bond acceptors (Lipinski definition) is 14. The lowest BCUT2D eigenvalue weighted by atomic mass is 9.91. The summed E-state index contributed by atoms with van der Waals surface area (Å²) in [7, 11) is 0. The van der Waals surface area contributed by atoms with Crippen LogP contribution in [-0.2, 0) is 38.4 Å². The Bertz CT molecular complexity index is 1990. The maximum absolute atomic E-state index is 14.3. The molecule has 3 aliphatic rings. The zero-order chi connectivity index (χ0) is 53.2. The lowest BCUT2D eigenvalue weighted by molar-refractivity contribution is -0.147. The van der Waals surface area contributed by atoms with Gasteiger partial charge in [0.1, 0.15) is 54.2 Å². The summed E-state index contributed by atoms with van der Waals surface area (Å²) in [6, 6.07) is -5.22. The number of rotatable bonds is 20. The Hall–Kier alpha value is -5.42. The molecule has 404 valence electrons. The van der Waals surface area contributed by atoms with Gasteiger partial charge in [-0.15, -0.1) is 0 Å². The van der Waals surface area contributed by atoms with Crippen LogP contribution in [0.2, 0.25) is 0 Å². The van der Waals surface area contributed by atoms with Crippen molar-refractivity contribution >= 4 is 47.3 Å². The normalized spacial score (nSPS) is 26.6. The van der Waals surface area contributed by atoms with E-state index in [1.807, 2.05) is 0 Å². The number of aliphatic hydroxyl groups excluding tert-OH is 5. The highest BCUT2D eigenvalue weighted by atomic mass is 16.3. The van der Waals surface area contributed by atoms with E-state index in [0.717, 1.165) is 41.9 Å². The van der Waals surface area contributed by atoms with E-state index in [9.17, 15) is 69.0 Å². The minimum absolute atomic E-state index is 0.0284. The zero-order valence-corrected chi connectivity index (χ0v) is 42.2. The molecule has 3 heterocycles. The molecular weight excluding hydrogens is 937 g/mol. The number of nitrogens with zero attached hydrogens (tertiary/aromatic N) is 2. The largest absolute Gasteiger partial charge is 0.508 e. The number of nitrogens with one attached hydrogen (secondary N) is 5. The molecule has 3 aliphatic heterocycles. The van der Waals surface area contributed by atoms with Crippen LogP contribution in [0.25, 0.3) is 0 Å². The van der Waals surface area contributed by atoms with Crippen molar-refractivity contribution in [1.29, 1.82) is 0 Å². The van der Waals surface area contributed by atoms with Crippen molar-refractivity contribution in [2.45, 2.75) is 197 Å². The molecule has 0 aromatic heterocycles. The van der Waals surface area contributed by atoms with E-state index in [1.165, 1.54) is 50.5 Å². The van der Waals surface area contributed by atoms with E-state index in [4.69, 9.17) is 5.73 Å². The highest BCUT2D eigenvalue weighted by molar-refractivity contribution is 5.98. The molecule has 13 unspecified atom stereocenters. The Morgan fingerprint density at radius 3 is 2.03 bits per heavy atom. The molecule has 0 saturated carbocycles. The van der Waals surface area contributed by atoms with Crippen LogP contribution in [0, 0.1) is 11.8 Å². The number of primary amides is 1. The average Bonchev–Trinajstić information content (AvgIpc) is 3.99. The van der Waals surface area contributed by atoms with Crippen molar-refractivity contribution < 1.29 is 69.0 Å². The number of fused-ring (bicyclic) bond motifs is 2. The summed E-state index contributed by atoms with van der Waals surface area (Å²) in [6.45, 7) is 7.42. The fourth-order valence-electron chi connectivity index (χ4n) is 9.73. The van der Waals surface area contributed by atoms with Crippen molar-refractivity contribution in [3.63, 3.8) is 0 Å². The monoisotopic (exact) mass is 1020 g/mol. The van der Waals surface area contributed by atoms with Gasteiger partial charge in [-0.2, -0.15) is 0 Å². The average molecular weight is 1020 g/mol. The Kier molecular flexibility index (Phi) is 23.6. The molecule has 4 rings (SSSR count). The fraction of sp³-hybridized carbons (Fsp3) is 0.720. The second-order valence-electron chi connectivity index (χ2n) is 20.1. The molecule has 0 aliphatic carbocycles. The molecule has 72 heavy (non-hydrogen) atoms. The molecule has 1 aromatic rings. The lowest BCUT2D eigenvalue weighted by Crippen LogP contribution is -2.64. The number of benzene rings is 1. The van der Waals surface area contributed by atoms with Gasteiger partial charge >= 0.3 is 0 Å². The molecule has 0 radical (unpaired) electrons. The fourth-order valence-corrected chi connectivity index (χ4v) is 9.73. The summed E-state index contributed by atoms with van der Waals surface area (Å²) in [5.41, 5.74) is 5.32. The predicted molar refractivity (Wildman–Crippen MR) is 262 cm³/mol. The van der Waals surface area contributed by atoms with E-state index < -0.39 is 133 Å². The molecule has 3 fully saturated rings. The molecule has 13 N–H and O–H groups in total. The van der Waals surface area contributed by atoms with Gasteiger partial charge in [-0.05, 0) is 75.0 Å². The zero-order valence-electron chi connectivity index (χ0n) is 42.2. The number of aliphatic hydroxyl groups is 5. The van der Waals surface area contributed by atoms with E-state index in [1.54, 1.807) is 0 Å². The summed E-state index contributed by atoms with van der Waals surface area (Å²) in [5.74, 6) is -6.43. The first-order valence-corrected chi connectivity index (χ1v) is 25.7. The summed E-state index contributed by atoms with van der Waals surface area (Å²) in [5, 5.41) is 78.3. The van der Waals surface area contributed by atoms with Crippen LogP contribution < -0.4 is 32.3 Å². The topological polar surface area (TPSA) is 351 Å². The molecule has 8 amide bonds. The first-order valence-electron chi connectivity index (χ1n) is 25.7. The molecule has 1 aromatic carbocycles. The van der Waals surface area contributed by atoms with Crippen LogP contribution in [0.5, 0.6) is 5.75 Å². The van der Waals surface area contributed by atoms with Gasteiger partial charge in [0.25, 0.3) is 0 Å². The highest BCUT2D eigenvalue weighted by Crippen LogP contribution is 2.26. The maximum atomic E-state index is 14.3. The number of nitrogens with two attached hydrogens (primary N) is 1. The Morgan fingerprint density at radius 1 is 0.750 bits per heavy atom. The molecule has 22 heteroatoms. The van der Waals surface area contributed by atoms with Crippen molar-refractivity contribution in [2.24, 2.45) is 17.6 Å². The Balaban J connectivity index is 1.62. The molecule has 3 saturated heterocycles. The van der Waals surface area contributed by atoms with E-state index >= 15 is 0 Å². The van der Waals surface area contributed by atoms with Gasteiger partial charge in [0.05, 0.1) is 24.7 Å². The number of aromatic hydroxyl groups is 1. The van der Waals surface area contributed by atoms with Crippen LogP contribution in [-0.4, -0.2) is 168 Å². The third-order valence-electron chi connectivity index (χ3n) is 14.1. The van der Waals surface area contributed by atoms with Crippen molar-refractivity contribution in [3.8, 4) is 5.75 Å². The van der Waals surface area contributed by atoms with E-state index in [2.05, 4.69) is 47.4 Å². The smallest absolute Gasteiger partial charge is 0.248 e. The summed E-state index contributed by atoms with van der Waals surface area (Å²) in [4.78, 5) is 112.